The number of halogens is 3. The fourth-order valence-electron chi connectivity index (χ4n) is 5.40. The zero-order valence-electron chi connectivity index (χ0n) is 23.5. The van der Waals surface area contributed by atoms with Gasteiger partial charge in [-0.1, -0.05) is 55.0 Å². The smallest absolute Gasteiger partial charge is 0.490 e. The van der Waals surface area contributed by atoms with Crippen molar-refractivity contribution in [2.75, 3.05) is 63.9 Å². The number of anilines is 1. The molecule has 222 valence electrons. The minimum Gasteiger partial charge on any atom is -0.494 e. The quantitative estimate of drug-likeness (QED) is 0.314. The van der Waals surface area contributed by atoms with Crippen LogP contribution in [0.2, 0.25) is 0 Å². The van der Waals surface area contributed by atoms with Crippen LogP contribution in [-0.4, -0.2) is 86.0 Å². The number of likely N-dealkylation sites (tertiary alicyclic amines) is 1. The van der Waals surface area contributed by atoms with Crippen molar-refractivity contribution in [3.05, 3.63) is 72.3 Å². The number of carboxylic acids is 1. The van der Waals surface area contributed by atoms with Gasteiger partial charge in [0.1, 0.15) is 5.75 Å². The topological polar surface area (TPSA) is 56.3 Å². The van der Waals surface area contributed by atoms with Crippen molar-refractivity contribution >= 4 is 22.4 Å². The van der Waals surface area contributed by atoms with E-state index in [1.807, 2.05) is 0 Å². The first-order valence-corrected chi connectivity index (χ1v) is 14.5. The van der Waals surface area contributed by atoms with E-state index in [1.54, 1.807) is 0 Å². The molecule has 2 fully saturated rings. The van der Waals surface area contributed by atoms with Gasteiger partial charge in [-0.3, -0.25) is 4.90 Å². The van der Waals surface area contributed by atoms with E-state index in [9.17, 15) is 13.2 Å². The first kappa shape index (κ1) is 30.7. The summed E-state index contributed by atoms with van der Waals surface area (Å²) in [5.74, 6) is -1.75. The SMILES string of the molecule is O=C(O)C(F)(F)F.c1ccc2c(N3CCN(CCc4ccc(OCCCN5CCCCC5)cc4)CC3)cccc2c1. The first-order valence-electron chi connectivity index (χ1n) is 14.5. The van der Waals surface area contributed by atoms with Gasteiger partial charge in [0, 0.05) is 50.3 Å². The molecule has 0 aromatic heterocycles. The van der Waals surface area contributed by atoms with Crippen LogP contribution in [0.3, 0.4) is 0 Å². The number of ether oxygens (including phenoxy) is 1. The number of rotatable bonds is 9. The normalized spacial score (nSPS) is 16.7. The van der Waals surface area contributed by atoms with Gasteiger partial charge in [-0.15, -0.1) is 0 Å². The third-order valence-electron chi connectivity index (χ3n) is 7.70. The van der Waals surface area contributed by atoms with Crippen LogP contribution in [0.4, 0.5) is 18.9 Å². The molecule has 2 heterocycles. The fraction of sp³-hybridized carbons (Fsp3) is 0.469. The van der Waals surface area contributed by atoms with Crippen LogP contribution in [0.1, 0.15) is 31.2 Å². The maximum Gasteiger partial charge on any atom is 0.490 e. The van der Waals surface area contributed by atoms with Crippen LogP contribution in [-0.2, 0) is 11.2 Å². The van der Waals surface area contributed by atoms with Gasteiger partial charge in [0.2, 0.25) is 0 Å². The summed E-state index contributed by atoms with van der Waals surface area (Å²) in [6.45, 7) is 10.1. The highest BCUT2D eigenvalue weighted by atomic mass is 19.4. The Morgan fingerprint density at radius 3 is 2.10 bits per heavy atom. The number of carboxylic acid groups (broad SMARTS) is 1. The number of aliphatic carboxylic acids is 1. The maximum atomic E-state index is 10.6. The third kappa shape index (κ3) is 9.64. The molecule has 41 heavy (non-hydrogen) atoms. The Labute approximate surface area is 240 Å². The second-order valence-electron chi connectivity index (χ2n) is 10.6. The molecule has 0 spiro atoms. The molecule has 0 amide bonds. The second kappa shape index (κ2) is 15.1. The summed E-state index contributed by atoms with van der Waals surface area (Å²) in [5, 5.41) is 9.82. The highest BCUT2D eigenvalue weighted by Crippen LogP contribution is 2.27. The molecular formula is C32H40F3N3O3. The number of nitrogens with zero attached hydrogens (tertiary/aromatic N) is 3. The van der Waals surface area contributed by atoms with E-state index in [0.29, 0.717) is 0 Å². The standard InChI is InChI=1S/C30H39N3O.C2HF3O2/c1-4-17-31(18-5-1)19-7-25-34-28-14-12-26(13-15-28)16-20-32-21-23-33(24-22-32)30-11-6-9-27-8-2-3-10-29(27)30;3-2(4,5)1(6)7/h2-3,6,8-15H,1,4-5,7,16-25H2;(H,6,7). The predicted octanol–water partition coefficient (Wildman–Crippen LogP) is 6.09. The summed E-state index contributed by atoms with van der Waals surface area (Å²) in [4.78, 5) is 16.6. The summed E-state index contributed by atoms with van der Waals surface area (Å²) in [7, 11) is 0. The summed E-state index contributed by atoms with van der Waals surface area (Å²) in [6.07, 6.45) is 1.26. The lowest BCUT2D eigenvalue weighted by Crippen LogP contribution is -2.47. The van der Waals surface area contributed by atoms with Gasteiger partial charge in [-0.05, 0) is 67.9 Å². The van der Waals surface area contributed by atoms with Crippen molar-refractivity contribution in [2.24, 2.45) is 0 Å². The summed E-state index contributed by atoms with van der Waals surface area (Å²) in [6, 6.07) is 24.2. The van der Waals surface area contributed by atoms with E-state index in [2.05, 4.69) is 81.4 Å². The number of piperidine rings is 1. The Morgan fingerprint density at radius 1 is 0.780 bits per heavy atom. The predicted molar refractivity (Wildman–Crippen MR) is 157 cm³/mol. The lowest BCUT2D eigenvalue weighted by Gasteiger charge is -2.36. The minimum atomic E-state index is -5.08. The fourth-order valence-corrected chi connectivity index (χ4v) is 5.40. The summed E-state index contributed by atoms with van der Waals surface area (Å²) in [5.41, 5.74) is 2.78. The molecule has 0 radical (unpaired) electrons. The molecule has 1 N–H and O–H groups in total. The van der Waals surface area contributed by atoms with E-state index < -0.39 is 12.1 Å². The molecule has 2 saturated heterocycles. The average Bonchev–Trinajstić information content (AvgIpc) is 2.99. The van der Waals surface area contributed by atoms with E-state index in [1.165, 1.54) is 60.9 Å². The van der Waals surface area contributed by atoms with Crippen molar-refractivity contribution in [3.63, 3.8) is 0 Å². The van der Waals surface area contributed by atoms with Crippen LogP contribution < -0.4 is 9.64 Å². The highest BCUT2D eigenvalue weighted by Gasteiger charge is 2.38. The largest absolute Gasteiger partial charge is 0.494 e. The molecule has 5 rings (SSSR count). The number of piperazine rings is 1. The first-order chi connectivity index (χ1) is 19.8. The molecule has 0 unspecified atom stereocenters. The number of carbonyl (C=O) groups is 1. The number of fused-ring (bicyclic) bond motifs is 1. The molecule has 0 aliphatic carbocycles. The van der Waals surface area contributed by atoms with Gasteiger partial charge in [0.05, 0.1) is 6.61 Å². The Balaban J connectivity index is 0.000000493. The van der Waals surface area contributed by atoms with Crippen LogP contribution in [0.5, 0.6) is 5.75 Å². The molecule has 6 nitrogen and oxygen atoms in total. The molecule has 3 aromatic carbocycles. The monoisotopic (exact) mass is 571 g/mol. The van der Waals surface area contributed by atoms with Gasteiger partial charge in [0.25, 0.3) is 0 Å². The minimum absolute atomic E-state index is 0.816. The van der Waals surface area contributed by atoms with E-state index >= 15 is 0 Å². The highest BCUT2D eigenvalue weighted by molar-refractivity contribution is 5.94. The Hall–Kier alpha value is -3.30. The summed E-state index contributed by atoms with van der Waals surface area (Å²) < 4.78 is 37.7. The average molecular weight is 572 g/mol. The molecule has 2 aliphatic rings. The molecule has 0 bridgehead atoms. The Bertz CT molecular complexity index is 1220. The zero-order chi connectivity index (χ0) is 29.1. The number of alkyl halides is 3. The number of benzene rings is 3. The van der Waals surface area contributed by atoms with Crippen molar-refractivity contribution < 1.29 is 27.8 Å². The second-order valence-corrected chi connectivity index (χ2v) is 10.6. The summed E-state index contributed by atoms with van der Waals surface area (Å²) >= 11 is 0. The number of hydrogen-bond acceptors (Lipinski definition) is 5. The van der Waals surface area contributed by atoms with Gasteiger partial charge < -0.3 is 19.6 Å². The van der Waals surface area contributed by atoms with Gasteiger partial charge in [-0.25, -0.2) is 4.79 Å². The third-order valence-corrected chi connectivity index (χ3v) is 7.70. The van der Waals surface area contributed by atoms with Gasteiger partial charge in [0.15, 0.2) is 0 Å². The van der Waals surface area contributed by atoms with Crippen molar-refractivity contribution in [1.82, 2.24) is 9.80 Å². The molecule has 9 heteroatoms. The van der Waals surface area contributed by atoms with Crippen molar-refractivity contribution in [1.29, 1.82) is 0 Å². The van der Waals surface area contributed by atoms with E-state index in [4.69, 9.17) is 14.6 Å². The van der Waals surface area contributed by atoms with Crippen LogP contribution in [0, 0.1) is 0 Å². The lowest BCUT2D eigenvalue weighted by molar-refractivity contribution is -0.192. The number of hydrogen-bond donors (Lipinski definition) is 1. The molecule has 0 atom stereocenters. The van der Waals surface area contributed by atoms with Crippen molar-refractivity contribution in [3.8, 4) is 5.75 Å². The van der Waals surface area contributed by atoms with Crippen LogP contribution >= 0.6 is 0 Å². The van der Waals surface area contributed by atoms with Gasteiger partial charge in [-0.2, -0.15) is 13.2 Å². The van der Waals surface area contributed by atoms with E-state index in [0.717, 1.165) is 57.9 Å². The Kier molecular flexibility index (Phi) is 11.3. The van der Waals surface area contributed by atoms with E-state index in [-0.39, 0.29) is 0 Å². The lowest BCUT2D eigenvalue weighted by atomic mass is 10.1. The molecule has 2 aliphatic heterocycles. The zero-order valence-corrected chi connectivity index (χ0v) is 23.5. The van der Waals surface area contributed by atoms with Crippen LogP contribution in [0.15, 0.2) is 66.7 Å². The molecular weight excluding hydrogens is 531 g/mol. The van der Waals surface area contributed by atoms with Gasteiger partial charge >= 0.3 is 12.1 Å². The molecule has 3 aromatic rings. The molecule has 0 saturated carbocycles. The van der Waals surface area contributed by atoms with Crippen molar-refractivity contribution in [2.45, 2.75) is 38.3 Å². The van der Waals surface area contributed by atoms with Crippen LogP contribution in [0.25, 0.3) is 10.8 Å². The maximum absolute atomic E-state index is 10.6. The Morgan fingerprint density at radius 2 is 1.41 bits per heavy atom.